The predicted molar refractivity (Wildman–Crippen MR) is 61.8 cm³/mol. The van der Waals surface area contributed by atoms with Gasteiger partial charge in [-0.05, 0) is 32.8 Å². The predicted octanol–water partition coefficient (Wildman–Crippen LogP) is 4.42. The molecule has 0 N–H and O–H groups in total. The third kappa shape index (κ3) is 5.24. The van der Waals surface area contributed by atoms with Crippen LogP contribution in [0.4, 0.5) is 0 Å². The van der Waals surface area contributed by atoms with Crippen molar-refractivity contribution >= 4 is 0 Å². The summed E-state index contributed by atoms with van der Waals surface area (Å²) in [5.74, 6) is 0. The molecule has 0 nitrogen and oxygen atoms in total. The van der Waals surface area contributed by atoms with Gasteiger partial charge in [0.25, 0.3) is 0 Å². The molecule has 0 unspecified atom stereocenters. The molecule has 0 aromatic rings. The van der Waals surface area contributed by atoms with E-state index in [1.54, 1.807) is 0 Å². The Labute approximate surface area is 82.4 Å². The molecule has 13 heavy (non-hydrogen) atoms. The van der Waals surface area contributed by atoms with Gasteiger partial charge in [-0.2, -0.15) is 0 Å². The number of hydrogen-bond donors (Lipinski definition) is 0. The minimum Gasteiger partial charge on any atom is -0.0961 e. The molecule has 0 saturated carbocycles. The standard InChI is InChI=1S/C13H20/c1-7-12(6)9-13(11(4)5)8-10(2)3/h8-9H,2,4,7H2,1,3,5-6H3/b12-9+,13-8+. The molecule has 0 atom stereocenters. The van der Waals surface area contributed by atoms with E-state index in [1.165, 1.54) is 11.1 Å². The summed E-state index contributed by atoms with van der Waals surface area (Å²) in [7, 11) is 0. The molecule has 0 heterocycles. The first-order valence-electron chi connectivity index (χ1n) is 4.67. The average Bonchev–Trinajstić information content (AvgIpc) is 2.02. The van der Waals surface area contributed by atoms with Gasteiger partial charge in [0.2, 0.25) is 0 Å². The maximum atomic E-state index is 3.94. The van der Waals surface area contributed by atoms with Crippen molar-refractivity contribution in [3.63, 3.8) is 0 Å². The largest absolute Gasteiger partial charge is 0.0961 e. The Bertz CT molecular complexity index is 262. The van der Waals surface area contributed by atoms with E-state index in [-0.39, 0.29) is 0 Å². The number of hydrogen-bond acceptors (Lipinski definition) is 0. The Morgan fingerprint density at radius 2 is 1.62 bits per heavy atom. The molecular formula is C13H20. The molecular weight excluding hydrogens is 156 g/mol. The van der Waals surface area contributed by atoms with Crippen LogP contribution in [-0.4, -0.2) is 0 Å². The summed E-state index contributed by atoms with van der Waals surface area (Å²) in [5, 5.41) is 0. The fraction of sp³-hybridized carbons (Fsp3) is 0.385. The molecule has 0 aromatic carbocycles. The highest BCUT2D eigenvalue weighted by molar-refractivity contribution is 5.42. The lowest BCUT2D eigenvalue weighted by molar-refractivity contribution is 1.09. The molecule has 0 radical (unpaired) electrons. The minimum absolute atomic E-state index is 1.07. The van der Waals surface area contributed by atoms with E-state index >= 15 is 0 Å². The van der Waals surface area contributed by atoms with Crippen molar-refractivity contribution in [2.24, 2.45) is 0 Å². The van der Waals surface area contributed by atoms with E-state index in [2.05, 4.69) is 39.2 Å². The molecule has 0 rings (SSSR count). The molecule has 0 amide bonds. The van der Waals surface area contributed by atoms with Crippen molar-refractivity contribution in [3.05, 3.63) is 47.6 Å². The van der Waals surface area contributed by atoms with Crippen LogP contribution in [0.15, 0.2) is 47.6 Å². The summed E-state index contributed by atoms with van der Waals surface area (Å²) in [6.45, 7) is 16.1. The molecule has 0 aliphatic heterocycles. The molecule has 0 bridgehead atoms. The highest BCUT2D eigenvalue weighted by Gasteiger charge is 1.94. The highest BCUT2D eigenvalue weighted by atomic mass is 14.0. The summed E-state index contributed by atoms with van der Waals surface area (Å²) in [4.78, 5) is 0. The van der Waals surface area contributed by atoms with Crippen LogP contribution >= 0.6 is 0 Å². The Balaban J connectivity index is 4.84. The van der Waals surface area contributed by atoms with Crippen molar-refractivity contribution in [3.8, 4) is 0 Å². The fourth-order valence-corrected chi connectivity index (χ4v) is 0.921. The first-order valence-corrected chi connectivity index (χ1v) is 4.67. The van der Waals surface area contributed by atoms with E-state index in [1.807, 2.05) is 13.8 Å². The van der Waals surface area contributed by atoms with Crippen LogP contribution in [0.1, 0.15) is 34.1 Å². The zero-order valence-electron chi connectivity index (χ0n) is 9.28. The minimum atomic E-state index is 1.07. The number of allylic oxidation sites excluding steroid dienone is 6. The Hall–Kier alpha value is -1.04. The maximum Gasteiger partial charge on any atom is -0.0231 e. The smallest absolute Gasteiger partial charge is 0.0231 e. The van der Waals surface area contributed by atoms with Crippen LogP contribution in [0.25, 0.3) is 0 Å². The quantitative estimate of drug-likeness (QED) is 0.556. The van der Waals surface area contributed by atoms with Crippen molar-refractivity contribution in [2.75, 3.05) is 0 Å². The summed E-state index contributed by atoms with van der Waals surface area (Å²) >= 11 is 0. The summed E-state index contributed by atoms with van der Waals surface area (Å²) in [5.41, 5.74) is 4.72. The third-order valence-electron chi connectivity index (χ3n) is 1.85. The maximum absolute atomic E-state index is 3.94. The molecule has 0 heteroatoms. The van der Waals surface area contributed by atoms with E-state index in [0.717, 1.165) is 17.6 Å². The van der Waals surface area contributed by atoms with Gasteiger partial charge in [-0.1, -0.05) is 49.0 Å². The summed E-state index contributed by atoms with van der Waals surface area (Å²) < 4.78 is 0. The van der Waals surface area contributed by atoms with Gasteiger partial charge in [0.05, 0.1) is 0 Å². The molecule has 0 fully saturated rings. The summed E-state index contributed by atoms with van der Waals surface area (Å²) in [6, 6.07) is 0. The Kier molecular flexibility index (Phi) is 5.13. The van der Waals surface area contributed by atoms with Crippen LogP contribution in [0, 0.1) is 0 Å². The SMILES string of the molecule is C=C(C)/C=C(\C=C(/C)CC)C(=C)C. The second-order valence-corrected chi connectivity index (χ2v) is 3.57. The van der Waals surface area contributed by atoms with Crippen LogP contribution in [0.5, 0.6) is 0 Å². The summed E-state index contributed by atoms with van der Waals surface area (Å²) in [6.07, 6.45) is 5.33. The molecule has 0 aromatic heterocycles. The van der Waals surface area contributed by atoms with Gasteiger partial charge in [-0.3, -0.25) is 0 Å². The van der Waals surface area contributed by atoms with Gasteiger partial charge in [0, 0.05) is 0 Å². The van der Waals surface area contributed by atoms with Gasteiger partial charge in [0.1, 0.15) is 0 Å². The normalized spacial score (nSPS) is 12.9. The second-order valence-electron chi connectivity index (χ2n) is 3.57. The van der Waals surface area contributed by atoms with E-state index in [4.69, 9.17) is 0 Å². The van der Waals surface area contributed by atoms with Crippen molar-refractivity contribution in [1.82, 2.24) is 0 Å². The van der Waals surface area contributed by atoms with Crippen molar-refractivity contribution < 1.29 is 0 Å². The van der Waals surface area contributed by atoms with Gasteiger partial charge in [-0.15, -0.1) is 0 Å². The third-order valence-corrected chi connectivity index (χ3v) is 1.85. The molecule has 72 valence electrons. The monoisotopic (exact) mass is 176 g/mol. The van der Waals surface area contributed by atoms with E-state index in [9.17, 15) is 0 Å². The molecule has 0 saturated heterocycles. The van der Waals surface area contributed by atoms with E-state index in [0.29, 0.717) is 0 Å². The lowest BCUT2D eigenvalue weighted by Gasteiger charge is -2.03. The van der Waals surface area contributed by atoms with Gasteiger partial charge in [-0.25, -0.2) is 0 Å². The Morgan fingerprint density at radius 3 is 1.92 bits per heavy atom. The van der Waals surface area contributed by atoms with Crippen LogP contribution in [0.2, 0.25) is 0 Å². The van der Waals surface area contributed by atoms with Gasteiger partial charge in [0.15, 0.2) is 0 Å². The van der Waals surface area contributed by atoms with Gasteiger partial charge >= 0.3 is 0 Å². The first kappa shape index (κ1) is 12.0. The zero-order valence-corrected chi connectivity index (χ0v) is 9.28. The first-order chi connectivity index (χ1) is 5.97. The molecule has 0 aliphatic rings. The van der Waals surface area contributed by atoms with Crippen molar-refractivity contribution in [1.29, 1.82) is 0 Å². The lowest BCUT2D eigenvalue weighted by Crippen LogP contribution is -1.83. The molecule has 0 spiro atoms. The fourth-order valence-electron chi connectivity index (χ4n) is 0.921. The van der Waals surface area contributed by atoms with Crippen LogP contribution in [-0.2, 0) is 0 Å². The molecule has 0 aliphatic carbocycles. The lowest BCUT2D eigenvalue weighted by atomic mass is 10.0. The van der Waals surface area contributed by atoms with Crippen molar-refractivity contribution in [2.45, 2.75) is 34.1 Å². The topological polar surface area (TPSA) is 0 Å². The zero-order chi connectivity index (χ0) is 10.4. The Morgan fingerprint density at radius 1 is 1.08 bits per heavy atom. The number of rotatable bonds is 4. The average molecular weight is 176 g/mol. The van der Waals surface area contributed by atoms with Crippen LogP contribution in [0.3, 0.4) is 0 Å². The van der Waals surface area contributed by atoms with Gasteiger partial charge < -0.3 is 0 Å². The van der Waals surface area contributed by atoms with Crippen LogP contribution < -0.4 is 0 Å². The second kappa shape index (κ2) is 5.58. The van der Waals surface area contributed by atoms with E-state index < -0.39 is 0 Å². The highest BCUT2D eigenvalue weighted by Crippen LogP contribution is 2.14.